The fourth-order valence-corrected chi connectivity index (χ4v) is 4.28. The molecular weight excluding hydrogens is 316 g/mol. The lowest BCUT2D eigenvalue weighted by atomic mass is 9.84. The van der Waals surface area contributed by atoms with Crippen molar-refractivity contribution in [2.45, 2.75) is 82.8 Å². The maximum absolute atomic E-state index is 10.5. The predicted molar refractivity (Wildman–Crippen MR) is 99.2 cm³/mol. The highest BCUT2D eigenvalue weighted by Crippen LogP contribution is 2.36. The molecule has 0 bridgehead atoms. The molecule has 0 aliphatic heterocycles. The van der Waals surface area contributed by atoms with Crippen LogP contribution in [0.4, 0.5) is 0 Å². The molecule has 0 amide bonds. The maximum Gasteiger partial charge on any atom is 0.303 e. The number of unbranched alkanes of at least 4 members (excludes halogenated alkanes) is 1. The van der Waals surface area contributed by atoms with Crippen LogP contribution in [0.25, 0.3) is 0 Å². The van der Waals surface area contributed by atoms with Gasteiger partial charge in [-0.05, 0) is 62.7 Å². The van der Waals surface area contributed by atoms with Crippen LogP contribution < -0.4 is 0 Å². The van der Waals surface area contributed by atoms with Gasteiger partial charge in [0.1, 0.15) is 0 Å². The van der Waals surface area contributed by atoms with Crippen molar-refractivity contribution in [1.82, 2.24) is 0 Å². The van der Waals surface area contributed by atoms with Crippen LogP contribution in [0.3, 0.4) is 0 Å². The fraction of sp³-hybridized carbons (Fsp3) is 0.762. The monoisotopic (exact) mass is 350 g/mol. The van der Waals surface area contributed by atoms with Gasteiger partial charge in [-0.1, -0.05) is 43.6 Å². The molecule has 4 heteroatoms. The van der Waals surface area contributed by atoms with Gasteiger partial charge in [0.15, 0.2) is 0 Å². The zero-order valence-electron chi connectivity index (χ0n) is 15.2. The molecule has 3 N–H and O–H groups in total. The Morgan fingerprint density at radius 2 is 1.84 bits per heavy atom. The third-order valence-corrected chi connectivity index (χ3v) is 5.86. The van der Waals surface area contributed by atoms with E-state index < -0.39 is 5.97 Å². The topological polar surface area (TPSA) is 77.8 Å². The van der Waals surface area contributed by atoms with Crippen LogP contribution in [0.2, 0.25) is 0 Å². The number of rotatable bonds is 9. The first-order valence-corrected chi connectivity index (χ1v) is 9.99. The van der Waals surface area contributed by atoms with Gasteiger partial charge in [-0.15, -0.1) is 0 Å². The zero-order chi connectivity index (χ0) is 18.1. The van der Waals surface area contributed by atoms with Gasteiger partial charge in [-0.2, -0.15) is 0 Å². The molecule has 4 atom stereocenters. The number of aliphatic hydroxyl groups is 2. The molecule has 142 valence electrons. The molecule has 4 nitrogen and oxygen atoms in total. The molecule has 2 aliphatic carbocycles. The molecule has 0 saturated heterocycles. The molecule has 0 spiro atoms. The third-order valence-electron chi connectivity index (χ3n) is 5.86. The summed E-state index contributed by atoms with van der Waals surface area (Å²) in [6.07, 6.45) is 17.9. The molecule has 2 saturated carbocycles. The highest BCUT2D eigenvalue weighted by molar-refractivity contribution is 5.66. The number of allylic oxidation sites excluding steroid dienone is 3. The van der Waals surface area contributed by atoms with Gasteiger partial charge >= 0.3 is 5.97 Å². The van der Waals surface area contributed by atoms with Gasteiger partial charge in [0.05, 0.1) is 12.2 Å². The first kappa shape index (κ1) is 20.2. The van der Waals surface area contributed by atoms with Gasteiger partial charge in [0, 0.05) is 6.42 Å². The molecule has 2 rings (SSSR count). The van der Waals surface area contributed by atoms with E-state index in [1.54, 1.807) is 0 Å². The minimum atomic E-state index is -0.749. The van der Waals surface area contributed by atoms with Gasteiger partial charge < -0.3 is 15.3 Å². The molecule has 0 aromatic heterocycles. The van der Waals surface area contributed by atoms with E-state index in [1.807, 2.05) is 12.2 Å². The average molecular weight is 350 g/mol. The van der Waals surface area contributed by atoms with Crippen LogP contribution in [0.1, 0.15) is 70.6 Å². The van der Waals surface area contributed by atoms with E-state index in [4.69, 9.17) is 5.11 Å². The summed E-state index contributed by atoms with van der Waals surface area (Å²) in [5.74, 6) is 0.202. The Morgan fingerprint density at radius 3 is 2.56 bits per heavy atom. The highest BCUT2D eigenvalue weighted by atomic mass is 16.4. The second-order valence-corrected chi connectivity index (χ2v) is 7.74. The van der Waals surface area contributed by atoms with E-state index in [9.17, 15) is 15.0 Å². The fourth-order valence-electron chi connectivity index (χ4n) is 4.28. The summed E-state index contributed by atoms with van der Waals surface area (Å²) < 4.78 is 0. The van der Waals surface area contributed by atoms with Crippen molar-refractivity contribution in [3.63, 3.8) is 0 Å². The number of carboxylic acid groups (broad SMARTS) is 1. The van der Waals surface area contributed by atoms with E-state index in [1.165, 1.54) is 19.3 Å². The van der Waals surface area contributed by atoms with Crippen LogP contribution in [0, 0.1) is 17.8 Å². The van der Waals surface area contributed by atoms with Crippen LogP contribution in [-0.2, 0) is 4.79 Å². The number of carboxylic acids is 1. The first-order chi connectivity index (χ1) is 12.1. The van der Waals surface area contributed by atoms with Crippen molar-refractivity contribution < 1.29 is 20.1 Å². The van der Waals surface area contributed by atoms with E-state index in [2.05, 4.69) is 12.2 Å². The van der Waals surface area contributed by atoms with Crippen molar-refractivity contribution in [2.24, 2.45) is 17.8 Å². The lowest BCUT2D eigenvalue weighted by Crippen LogP contribution is -2.22. The summed E-state index contributed by atoms with van der Waals surface area (Å²) >= 11 is 0. The van der Waals surface area contributed by atoms with Crippen molar-refractivity contribution in [3.8, 4) is 0 Å². The van der Waals surface area contributed by atoms with Crippen LogP contribution in [0.5, 0.6) is 0 Å². The van der Waals surface area contributed by atoms with E-state index in [0.29, 0.717) is 18.3 Å². The highest BCUT2D eigenvalue weighted by Gasteiger charge is 2.32. The van der Waals surface area contributed by atoms with Crippen molar-refractivity contribution >= 4 is 5.97 Å². The van der Waals surface area contributed by atoms with Crippen LogP contribution >= 0.6 is 0 Å². The summed E-state index contributed by atoms with van der Waals surface area (Å²) in [7, 11) is 0. The smallest absolute Gasteiger partial charge is 0.303 e. The van der Waals surface area contributed by atoms with Crippen LogP contribution in [-0.4, -0.2) is 33.5 Å². The largest absolute Gasteiger partial charge is 0.481 e. The molecule has 0 radical (unpaired) electrons. The minimum Gasteiger partial charge on any atom is -0.481 e. The summed E-state index contributed by atoms with van der Waals surface area (Å²) in [4.78, 5) is 10.5. The molecule has 0 aromatic rings. The average Bonchev–Trinajstić information content (AvgIpc) is 2.96. The number of carbonyl (C=O) groups is 1. The van der Waals surface area contributed by atoms with E-state index in [0.717, 1.165) is 38.5 Å². The van der Waals surface area contributed by atoms with Crippen molar-refractivity contribution in [3.05, 3.63) is 24.3 Å². The Kier molecular flexibility index (Phi) is 8.70. The zero-order valence-corrected chi connectivity index (χ0v) is 15.2. The molecule has 4 unspecified atom stereocenters. The Morgan fingerprint density at radius 1 is 1.08 bits per heavy atom. The Bertz CT molecular complexity index is 451. The first-order valence-electron chi connectivity index (χ1n) is 9.99. The third kappa shape index (κ3) is 6.95. The molecule has 2 aliphatic rings. The summed E-state index contributed by atoms with van der Waals surface area (Å²) in [6.45, 7) is 0. The summed E-state index contributed by atoms with van der Waals surface area (Å²) in [5, 5.41) is 29.3. The molecule has 25 heavy (non-hydrogen) atoms. The van der Waals surface area contributed by atoms with Gasteiger partial charge in [-0.3, -0.25) is 4.79 Å². The second kappa shape index (κ2) is 10.8. The Balaban J connectivity index is 1.77. The molecular formula is C21H34O4. The lowest BCUT2D eigenvalue weighted by molar-refractivity contribution is -0.137. The van der Waals surface area contributed by atoms with Gasteiger partial charge in [0.25, 0.3) is 0 Å². The maximum atomic E-state index is 10.5. The molecule has 0 aromatic carbocycles. The number of hydrogen-bond acceptors (Lipinski definition) is 3. The van der Waals surface area contributed by atoms with E-state index in [-0.39, 0.29) is 24.5 Å². The summed E-state index contributed by atoms with van der Waals surface area (Å²) in [6, 6.07) is 0. The Hall–Kier alpha value is -1.13. The van der Waals surface area contributed by atoms with Gasteiger partial charge in [0.2, 0.25) is 0 Å². The number of hydrogen-bond donors (Lipinski definition) is 3. The SMILES string of the molecule is O=C(O)CCCC=CCC1C(O)CCC1C=CC(O)C1CCCCC1. The lowest BCUT2D eigenvalue weighted by Gasteiger charge is -2.25. The second-order valence-electron chi connectivity index (χ2n) is 7.74. The molecule has 0 heterocycles. The standard InChI is InChI=1S/C21H34O4/c22-19(17-8-4-3-5-9-17)14-12-16-13-15-20(23)18(16)10-6-1-2-7-11-21(24)25/h1,6,12,14,16-20,22-23H,2-5,7-11,13,15H2,(H,24,25). The van der Waals surface area contributed by atoms with Crippen molar-refractivity contribution in [1.29, 1.82) is 0 Å². The quantitative estimate of drug-likeness (QED) is 0.433. The number of aliphatic hydroxyl groups excluding tert-OH is 2. The van der Waals surface area contributed by atoms with Crippen LogP contribution in [0.15, 0.2) is 24.3 Å². The predicted octanol–water partition coefficient (Wildman–Crippen LogP) is 4.07. The van der Waals surface area contributed by atoms with Gasteiger partial charge in [-0.25, -0.2) is 0 Å². The minimum absolute atomic E-state index is 0.209. The molecule has 2 fully saturated rings. The number of aliphatic carboxylic acids is 1. The summed E-state index contributed by atoms with van der Waals surface area (Å²) in [5.41, 5.74) is 0. The van der Waals surface area contributed by atoms with Crippen molar-refractivity contribution in [2.75, 3.05) is 0 Å². The normalized spacial score (nSPS) is 29.6. The Labute approximate surface area is 151 Å². The van der Waals surface area contributed by atoms with E-state index >= 15 is 0 Å².